The normalized spacial score (nSPS) is 27.1. The lowest BCUT2D eigenvalue weighted by atomic mass is 10.1. The van der Waals surface area contributed by atoms with Gasteiger partial charge in [-0.1, -0.05) is 0 Å². The maximum absolute atomic E-state index is 12.4. The molecule has 0 radical (unpaired) electrons. The lowest BCUT2D eigenvalue weighted by Crippen LogP contribution is -2.55. The molecule has 1 amide bonds. The largest absolute Gasteiger partial charge is 0.465 e. The van der Waals surface area contributed by atoms with Gasteiger partial charge in [0.25, 0.3) is 6.43 Å². The fourth-order valence-electron chi connectivity index (χ4n) is 1.73. The van der Waals surface area contributed by atoms with Gasteiger partial charge in [0.2, 0.25) is 0 Å². The highest BCUT2D eigenvalue weighted by Crippen LogP contribution is 2.18. The van der Waals surface area contributed by atoms with Crippen LogP contribution in [0.15, 0.2) is 0 Å². The number of aliphatic hydroxyl groups excluding tert-OH is 1. The molecule has 16 heavy (non-hydrogen) atoms. The quantitative estimate of drug-likeness (QED) is 0.644. The van der Waals surface area contributed by atoms with E-state index in [1.165, 1.54) is 0 Å². The summed E-state index contributed by atoms with van der Waals surface area (Å²) in [6.07, 6.45) is -5.87. The number of alkyl halides is 3. The minimum atomic E-state index is -3.12. The van der Waals surface area contributed by atoms with Crippen LogP contribution in [0.4, 0.5) is 18.0 Å². The minimum absolute atomic E-state index is 0.0384. The van der Waals surface area contributed by atoms with E-state index in [1.807, 2.05) is 0 Å². The van der Waals surface area contributed by atoms with Crippen molar-refractivity contribution < 1.29 is 28.2 Å². The second-order valence-electron chi connectivity index (χ2n) is 3.54. The van der Waals surface area contributed by atoms with Crippen LogP contribution in [0.25, 0.3) is 0 Å². The number of hydrogen-bond acceptors (Lipinski definition) is 3. The fraction of sp³-hybridized carbons (Fsp3) is 0.875. The Balaban J connectivity index is 2.84. The lowest BCUT2D eigenvalue weighted by Gasteiger charge is -2.33. The van der Waals surface area contributed by atoms with Crippen LogP contribution in [-0.4, -0.2) is 65.6 Å². The summed E-state index contributed by atoms with van der Waals surface area (Å²) in [7, 11) is 0. The number of β-amino-alcohol motifs (C(OH)–C–C–N with tert-alkyl or cyclic N) is 1. The molecule has 8 heteroatoms. The summed E-state index contributed by atoms with van der Waals surface area (Å²) in [5.74, 6) is 0. The molecule has 1 fully saturated rings. The summed E-state index contributed by atoms with van der Waals surface area (Å²) < 4.78 is 37.3. The molecule has 5 nitrogen and oxygen atoms in total. The van der Waals surface area contributed by atoms with Gasteiger partial charge in [-0.25, -0.2) is 18.0 Å². The molecule has 1 aliphatic rings. The number of hydrogen-bond donors (Lipinski definition) is 3. The zero-order valence-electron chi connectivity index (χ0n) is 8.31. The maximum Gasteiger partial charge on any atom is 0.408 e. The van der Waals surface area contributed by atoms with Crippen molar-refractivity contribution in [1.29, 1.82) is 0 Å². The van der Waals surface area contributed by atoms with E-state index < -0.39 is 37.4 Å². The molecule has 1 aliphatic heterocycles. The van der Waals surface area contributed by atoms with Crippen LogP contribution in [0.1, 0.15) is 0 Å². The van der Waals surface area contributed by atoms with Crippen molar-refractivity contribution in [1.82, 2.24) is 10.2 Å². The second kappa shape index (κ2) is 5.35. The van der Waals surface area contributed by atoms with Gasteiger partial charge < -0.3 is 15.5 Å². The van der Waals surface area contributed by atoms with Crippen molar-refractivity contribution in [2.75, 3.05) is 19.8 Å². The second-order valence-corrected chi connectivity index (χ2v) is 3.54. The van der Waals surface area contributed by atoms with Crippen molar-refractivity contribution in [3.8, 4) is 0 Å². The van der Waals surface area contributed by atoms with Crippen LogP contribution in [-0.2, 0) is 0 Å². The molecule has 0 saturated carbocycles. The number of rotatable bonds is 4. The molecule has 94 valence electrons. The number of carbonyl (C=O) groups is 1. The number of aliphatic hydroxyl groups is 1. The van der Waals surface area contributed by atoms with Crippen molar-refractivity contribution in [3.05, 3.63) is 0 Å². The van der Waals surface area contributed by atoms with Gasteiger partial charge in [-0.3, -0.25) is 4.90 Å². The van der Waals surface area contributed by atoms with Gasteiger partial charge in [0.05, 0.1) is 12.1 Å². The smallest absolute Gasteiger partial charge is 0.408 e. The fourth-order valence-corrected chi connectivity index (χ4v) is 1.73. The van der Waals surface area contributed by atoms with Crippen LogP contribution < -0.4 is 5.32 Å². The molecule has 1 saturated heterocycles. The maximum atomic E-state index is 12.4. The zero-order chi connectivity index (χ0) is 12.3. The molecule has 0 aromatic heterocycles. The van der Waals surface area contributed by atoms with Gasteiger partial charge in [0, 0.05) is 13.1 Å². The first kappa shape index (κ1) is 13.0. The molecule has 0 bridgehead atoms. The first-order valence-corrected chi connectivity index (χ1v) is 4.73. The number of amides is 1. The predicted molar refractivity (Wildman–Crippen MR) is 48.3 cm³/mol. The van der Waals surface area contributed by atoms with Crippen LogP contribution in [0.5, 0.6) is 0 Å². The van der Waals surface area contributed by atoms with Gasteiger partial charge in [-0.05, 0) is 0 Å². The van der Waals surface area contributed by atoms with E-state index >= 15 is 0 Å². The Bertz CT molecular complexity index is 253. The number of nitrogens with one attached hydrogen (secondary N) is 1. The third-order valence-corrected chi connectivity index (χ3v) is 2.54. The monoisotopic (exact) mass is 242 g/mol. The average molecular weight is 242 g/mol. The summed E-state index contributed by atoms with van der Waals surface area (Å²) in [6, 6.07) is -3.07. The molecular formula is C8H13F3N2O3. The van der Waals surface area contributed by atoms with E-state index in [0.29, 0.717) is 4.90 Å². The zero-order valence-corrected chi connectivity index (χ0v) is 8.31. The highest BCUT2D eigenvalue weighted by molar-refractivity contribution is 5.66. The van der Waals surface area contributed by atoms with E-state index in [9.17, 15) is 23.1 Å². The molecule has 3 atom stereocenters. The molecule has 1 unspecified atom stereocenters. The van der Waals surface area contributed by atoms with Gasteiger partial charge in [-0.2, -0.15) is 0 Å². The number of halogens is 3. The van der Waals surface area contributed by atoms with Gasteiger partial charge in [0.1, 0.15) is 12.7 Å². The molecule has 0 aliphatic carbocycles. The topological polar surface area (TPSA) is 72.8 Å². The van der Waals surface area contributed by atoms with Crippen LogP contribution in [0, 0.1) is 0 Å². The third kappa shape index (κ3) is 2.56. The molecule has 1 heterocycles. The molecule has 0 aromatic rings. The van der Waals surface area contributed by atoms with E-state index in [0.717, 1.165) is 0 Å². The van der Waals surface area contributed by atoms with Gasteiger partial charge in [-0.15, -0.1) is 0 Å². The van der Waals surface area contributed by atoms with E-state index in [4.69, 9.17) is 5.11 Å². The Hall–Kier alpha value is -1.02. The third-order valence-electron chi connectivity index (χ3n) is 2.54. The predicted octanol–water partition coefficient (Wildman–Crippen LogP) is -0.0977. The molecule has 0 aromatic carbocycles. The SMILES string of the molecule is O=C(O)N(C(CF)C(F)F)[C@@H]1CNC[C@H]1O. The summed E-state index contributed by atoms with van der Waals surface area (Å²) >= 11 is 0. The molecular weight excluding hydrogens is 229 g/mol. The van der Waals surface area contributed by atoms with E-state index in [1.54, 1.807) is 0 Å². The number of carboxylic acid groups (broad SMARTS) is 1. The first-order chi connectivity index (χ1) is 7.49. The summed E-state index contributed by atoms with van der Waals surface area (Å²) in [6.45, 7) is -1.33. The molecule has 1 rings (SSSR count). The highest BCUT2D eigenvalue weighted by atomic mass is 19.3. The summed E-state index contributed by atoms with van der Waals surface area (Å²) in [5, 5.41) is 20.8. The van der Waals surface area contributed by atoms with Crippen molar-refractivity contribution in [2.24, 2.45) is 0 Å². The number of nitrogens with zero attached hydrogens (tertiary/aromatic N) is 1. The summed E-state index contributed by atoms with van der Waals surface area (Å²) in [5.41, 5.74) is 0. The Morgan fingerprint density at radius 2 is 2.12 bits per heavy atom. The average Bonchev–Trinajstić information content (AvgIpc) is 2.59. The van der Waals surface area contributed by atoms with Crippen molar-refractivity contribution >= 4 is 6.09 Å². The van der Waals surface area contributed by atoms with Crippen LogP contribution >= 0.6 is 0 Å². The lowest BCUT2D eigenvalue weighted by molar-refractivity contribution is -0.0189. The van der Waals surface area contributed by atoms with Crippen molar-refractivity contribution in [2.45, 2.75) is 24.6 Å². The Morgan fingerprint density at radius 1 is 1.50 bits per heavy atom. The van der Waals surface area contributed by atoms with Crippen LogP contribution in [0.2, 0.25) is 0 Å². The standard InChI is InChI=1S/C8H13F3N2O3/c9-1-4(7(10)11)13(8(15)16)5-2-12-3-6(5)14/h4-7,12,14H,1-3H2,(H,15,16)/t4?,5-,6-/m1/s1. The summed E-state index contributed by atoms with van der Waals surface area (Å²) in [4.78, 5) is 11.1. The van der Waals surface area contributed by atoms with Gasteiger partial charge >= 0.3 is 6.09 Å². The van der Waals surface area contributed by atoms with E-state index in [2.05, 4.69) is 5.32 Å². The van der Waals surface area contributed by atoms with Gasteiger partial charge in [0.15, 0.2) is 0 Å². The molecule has 0 spiro atoms. The van der Waals surface area contributed by atoms with Crippen molar-refractivity contribution in [3.63, 3.8) is 0 Å². The minimum Gasteiger partial charge on any atom is -0.465 e. The Kier molecular flexibility index (Phi) is 4.36. The van der Waals surface area contributed by atoms with Crippen LogP contribution in [0.3, 0.4) is 0 Å². The highest BCUT2D eigenvalue weighted by Gasteiger charge is 2.41. The first-order valence-electron chi connectivity index (χ1n) is 4.73. The molecule has 3 N–H and O–H groups in total. The Morgan fingerprint density at radius 3 is 2.44 bits per heavy atom. The Labute approximate surface area is 89.8 Å². The van der Waals surface area contributed by atoms with E-state index in [-0.39, 0.29) is 13.1 Å².